The summed E-state index contributed by atoms with van der Waals surface area (Å²) in [6.07, 6.45) is 1.47. The van der Waals surface area contributed by atoms with Crippen LogP contribution in [0, 0.1) is 6.92 Å². The zero-order valence-corrected chi connectivity index (χ0v) is 14.1. The Bertz CT molecular complexity index is 951. The summed E-state index contributed by atoms with van der Waals surface area (Å²) < 4.78 is 0. The predicted molar refractivity (Wildman–Crippen MR) is 98.0 cm³/mol. The zero-order chi connectivity index (χ0) is 16.7. The quantitative estimate of drug-likeness (QED) is 0.606. The zero-order valence-electron chi connectivity index (χ0n) is 13.4. The van der Waals surface area contributed by atoms with E-state index >= 15 is 0 Å². The molecule has 4 rings (SSSR count). The van der Waals surface area contributed by atoms with Crippen molar-refractivity contribution in [3.8, 4) is 0 Å². The first-order valence-electron chi connectivity index (χ1n) is 7.64. The molecule has 0 aliphatic carbocycles. The lowest BCUT2D eigenvalue weighted by atomic mass is 9.98. The van der Waals surface area contributed by atoms with Gasteiger partial charge in [0.15, 0.2) is 11.0 Å². The van der Waals surface area contributed by atoms with Crippen molar-refractivity contribution in [2.45, 2.75) is 6.92 Å². The molecule has 24 heavy (non-hydrogen) atoms. The van der Waals surface area contributed by atoms with E-state index in [0.717, 1.165) is 22.5 Å². The van der Waals surface area contributed by atoms with Crippen LogP contribution >= 0.6 is 11.6 Å². The number of halogens is 1. The lowest BCUT2D eigenvalue weighted by Gasteiger charge is -2.20. The van der Waals surface area contributed by atoms with Gasteiger partial charge in [0.1, 0.15) is 12.0 Å². The van der Waals surface area contributed by atoms with E-state index in [-0.39, 0.29) is 0 Å². The number of fused-ring (bicyclic) bond motifs is 2. The predicted octanol–water partition coefficient (Wildman–Crippen LogP) is 4.69. The number of hydrogen-bond acceptors (Lipinski definition) is 4. The van der Waals surface area contributed by atoms with Crippen molar-refractivity contribution in [3.63, 3.8) is 0 Å². The third-order valence-electron chi connectivity index (χ3n) is 4.12. The van der Waals surface area contributed by atoms with Gasteiger partial charge in [-0.1, -0.05) is 53.6 Å². The van der Waals surface area contributed by atoms with Crippen LogP contribution in [-0.4, -0.2) is 22.7 Å². The maximum atomic E-state index is 6.32. The highest BCUT2D eigenvalue weighted by molar-refractivity contribution is 6.33. The molecule has 118 valence electrons. The van der Waals surface area contributed by atoms with E-state index < -0.39 is 0 Å². The Kier molecular flexibility index (Phi) is 3.54. The molecule has 0 radical (unpaired) electrons. The molecular weight excluding hydrogens is 320 g/mol. The molecule has 0 fully saturated rings. The monoisotopic (exact) mass is 334 g/mol. The van der Waals surface area contributed by atoms with Gasteiger partial charge < -0.3 is 4.90 Å². The molecule has 0 saturated carbocycles. The standard InChI is InChI=1S/C19H15ClN4/c1-12-8-9-15-14(10-12)16(13-6-4-3-5-7-13)23-17-18(20)21-11-22-19(17)24(15)2/h3-11H,1-2H3. The Labute approximate surface area is 145 Å². The van der Waals surface area contributed by atoms with E-state index in [4.69, 9.17) is 16.6 Å². The number of aryl methyl sites for hydroxylation is 1. The second kappa shape index (κ2) is 5.73. The van der Waals surface area contributed by atoms with Crippen LogP contribution in [0.1, 0.15) is 16.7 Å². The van der Waals surface area contributed by atoms with Gasteiger partial charge in [-0.05, 0) is 19.1 Å². The van der Waals surface area contributed by atoms with Crippen LogP contribution in [-0.2, 0) is 0 Å². The molecule has 0 atom stereocenters. The summed E-state index contributed by atoms with van der Waals surface area (Å²) in [6.45, 7) is 2.08. The van der Waals surface area contributed by atoms with E-state index in [1.54, 1.807) is 0 Å². The molecule has 3 aromatic rings. The van der Waals surface area contributed by atoms with Crippen molar-refractivity contribution in [1.29, 1.82) is 0 Å². The molecule has 1 aliphatic rings. The minimum Gasteiger partial charge on any atom is -0.327 e. The van der Waals surface area contributed by atoms with Crippen LogP contribution in [0.15, 0.2) is 59.9 Å². The number of rotatable bonds is 1. The third kappa shape index (κ3) is 2.36. The van der Waals surface area contributed by atoms with E-state index in [1.165, 1.54) is 11.9 Å². The average molecular weight is 335 g/mol. The highest BCUT2D eigenvalue weighted by atomic mass is 35.5. The fourth-order valence-electron chi connectivity index (χ4n) is 2.92. The molecule has 0 unspecified atom stereocenters. The largest absolute Gasteiger partial charge is 0.327 e. The number of anilines is 2. The molecule has 2 heterocycles. The molecule has 4 nitrogen and oxygen atoms in total. The average Bonchev–Trinajstić information content (AvgIpc) is 2.72. The topological polar surface area (TPSA) is 41.4 Å². The first kappa shape index (κ1) is 14.8. The first-order valence-corrected chi connectivity index (χ1v) is 8.02. The number of benzene rings is 2. The molecule has 0 bridgehead atoms. The summed E-state index contributed by atoms with van der Waals surface area (Å²) in [5, 5.41) is 0.352. The molecule has 2 aromatic carbocycles. The van der Waals surface area contributed by atoms with Crippen molar-refractivity contribution < 1.29 is 0 Å². The first-order chi connectivity index (χ1) is 11.6. The second-order valence-electron chi connectivity index (χ2n) is 5.74. The lowest BCUT2D eigenvalue weighted by molar-refractivity contribution is 1.08. The molecule has 0 amide bonds. The fourth-order valence-corrected chi connectivity index (χ4v) is 3.10. The highest BCUT2D eigenvalue weighted by Crippen LogP contribution is 2.41. The van der Waals surface area contributed by atoms with Crippen molar-refractivity contribution in [2.75, 3.05) is 11.9 Å². The summed E-state index contributed by atoms with van der Waals surface area (Å²) in [6, 6.07) is 16.4. The molecule has 0 spiro atoms. The molecule has 1 aromatic heterocycles. The molecule has 1 aliphatic heterocycles. The third-order valence-corrected chi connectivity index (χ3v) is 4.39. The Morgan fingerprint density at radius 2 is 1.79 bits per heavy atom. The van der Waals surface area contributed by atoms with Crippen LogP contribution < -0.4 is 4.90 Å². The van der Waals surface area contributed by atoms with Crippen LogP contribution in [0.4, 0.5) is 17.2 Å². The van der Waals surface area contributed by atoms with Crippen molar-refractivity contribution in [3.05, 3.63) is 76.7 Å². The van der Waals surface area contributed by atoms with Gasteiger partial charge in [0, 0.05) is 18.2 Å². The van der Waals surface area contributed by atoms with Crippen LogP contribution in [0.2, 0.25) is 5.15 Å². The summed E-state index contributed by atoms with van der Waals surface area (Å²) in [5.74, 6) is 0.700. The van der Waals surface area contributed by atoms with Gasteiger partial charge in [-0.2, -0.15) is 0 Å². The van der Waals surface area contributed by atoms with Gasteiger partial charge in [0.25, 0.3) is 0 Å². The van der Waals surface area contributed by atoms with Gasteiger partial charge >= 0.3 is 0 Å². The number of hydrogen-bond donors (Lipinski definition) is 0. The van der Waals surface area contributed by atoms with Gasteiger partial charge in [-0.15, -0.1) is 0 Å². The Morgan fingerprint density at radius 3 is 2.58 bits per heavy atom. The van der Waals surface area contributed by atoms with Crippen LogP contribution in [0.3, 0.4) is 0 Å². The van der Waals surface area contributed by atoms with Crippen LogP contribution in [0.25, 0.3) is 0 Å². The number of aliphatic imine (C=N–C) groups is 1. The number of nitrogens with zero attached hydrogens (tertiary/aromatic N) is 4. The number of aromatic nitrogens is 2. The molecule has 5 heteroatoms. The maximum absolute atomic E-state index is 6.32. The van der Waals surface area contributed by atoms with Gasteiger partial charge in [-0.25, -0.2) is 15.0 Å². The van der Waals surface area contributed by atoms with Gasteiger partial charge in [-0.3, -0.25) is 0 Å². The lowest BCUT2D eigenvalue weighted by Crippen LogP contribution is -2.14. The Morgan fingerprint density at radius 1 is 1.00 bits per heavy atom. The minimum atomic E-state index is 0.352. The van der Waals surface area contributed by atoms with Crippen LogP contribution in [0.5, 0.6) is 0 Å². The summed E-state index contributed by atoms with van der Waals surface area (Å²) in [5.41, 5.74) is 5.76. The minimum absolute atomic E-state index is 0.352. The van der Waals surface area contributed by atoms with E-state index in [9.17, 15) is 0 Å². The molecule has 0 N–H and O–H groups in total. The van der Waals surface area contributed by atoms with E-state index in [0.29, 0.717) is 16.7 Å². The second-order valence-corrected chi connectivity index (χ2v) is 6.10. The van der Waals surface area contributed by atoms with Gasteiger partial charge in [0.2, 0.25) is 0 Å². The van der Waals surface area contributed by atoms with Crippen molar-refractivity contribution in [2.24, 2.45) is 4.99 Å². The Balaban J connectivity index is 2.08. The molecule has 0 saturated heterocycles. The highest BCUT2D eigenvalue weighted by Gasteiger charge is 2.24. The van der Waals surface area contributed by atoms with Gasteiger partial charge in [0.05, 0.1) is 11.4 Å². The fraction of sp³-hybridized carbons (Fsp3) is 0.105. The van der Waals surface area contributed by atoms with Crippen molar-refractivity contribution >= 4 is 34.5 Å². The maximum Gasteiger partial charge on any atom is 0.163 e. The van der Waals surface area contributed by atoms with E-state index in [2.05, 4.69) is 35.1 Å². The summed E-state index contributed by atoms with van der Waals surface area (Å²) in [7, 11) is 1.97. The SMILES string of the molecule is Cc1ccc2c(c1)C(c1ccccc1)=Nc1c(Cl)ncnc1N2C. The van der Waals surface area contributed by atoms with Crippen molar-refractivity contribution in [1.82, 2.24) is 9.97 Å². The molecular formula is C19H15ClN4. The van der Waals surface area contributed by atoms with E-state index in [1.807, 2.05) is 42.3 Å². The normalized spacial score (nSPS) is 13.0. The summed E-state index contributed by atoms with van der Waals surface area (Å²) >= 11 is 6.32. The smallest absolute Gasteiger partial charge is 0.163 e. The summed E-state index contributed by atoms with van der Waals surface area (Å²) in [4.78, 5) is 15.4. The Hall–Kier alpha value is -2.72.